The van der Waals surface area contributed by atoms with E-state index in [1.807, 2.05) is 37.3 Å². The van der Waals surface area contributed by atoms with E-state index in [0.717, 1.165) is 28.1 Å². The number of aryl methyl sites for hydroxylation is 1. The molecule has 3 nitrogen and oxygen atoms in total. The predicted octanol–water partition coefficient (Wildman–Crippen LogP) is 1.86. The summed E-state index contributed by atoms with van der Waals surface area (Å²) in [7, 11) is 0. The average molecular weight is 214 g/mol. The van der Waals surface area contributed by atoms with Crippen LogP contribution in [0.15, 0.2) is 47.7 Å². The maximum Gasteiger partial charge on any atom is 0.0906 e. The van der Waals surface area contributed by atoms with E-state index >= 15 is 0 Å². The van der Waals surface area contributed by atoms with E-state index < -0.39 is 0 Å². The van der Waals surface area contributed by atoms with Gasteiger partial charge in [-0.15, -0.1) is 0 Å². The number of nitrogens with zero attached hydrogens (tertiary/aromatic N) is 1. The first kappa shape index (κ1) is 10.6. The van der Waals surface area contributed by atoms with Gasteiger partial charge < -0.3 is 5.11 Å². The maximum absolute atomic E-state index is 9.09. The van der Waals surface area contributed by atoms with E-state index in [-0.39, 0.29) is 6.61 Å². The highest BCUT2D eigenvalue weighted by atomic mass is 16.3. The highest BCUT2D eigenvalue weighted by Gasteiger charge is 2.06. The van der Waals surface area contributed by atoms with Gasteiger partial charge in [-0.25, -0.2) is 0 Å². The Morgan fingerprint density at radius 2 is 2.19 bits per heavy atom. The topological polar surface area (TPSA) is 44.6 Å². The molecule has 2 N–H and O–H groups in total. The van der Waals surface area contributed by atoms with Crippen LogP contribution in [0.2, 0.25) is 0 Å². The number of hydrazone groups is 1. The second-order valence-electron chi connectivity index (χ2n) is 3.77. The maximum atomic E-state index is 9.09. The summed E-state index contributed by atoms with van der Waals surface area (Å²) >= 11 is 0. The molecule has 0 fully saturated rings. The molecule has 0 bridgehead atoms. The number of rotatable bonds is 2. The number of nitrogens with one attached hydrogen (secondary N) is 1. The number of aliphatic hydroxyl groups excluding tert-OH is 1. The van der Waals surface area contributed by atoms with Crippen LogP contribution in [-0.4, -0.2) is 10.8 Å². The summed E-state index contributed by atoms with van der Waals surface area (Å²) in [5.41, 5.74) is 7.54. The quantitative estimate of drug-likeness (QED) is 0.789. The number of hydrogen-bond donors (Lipinski definition) is 2. The summed E-state index contributed by atoms with van der Waals surface area (Å²) in [6.45, 7) is 5.80. The third kappa shape index (κ3) is 2.04. The zero-order valence-electron chi connectivity index (χ0n) is 9.20. The first-order valence-corrected chi connectivity index (χ1v) is 5.12. The second-order valence-corrected chi connectivity index (χ2v) is 3.77. The zero-order chi connectivity index (χ0) is 11.5. The summed E-state index contributed by atoms with van der Waals surface area (Å²) in [6.07, 6.45) is 3.81. The minimum atomic E-state index is 0.0729. The van der Waals surface area contributed by atoms with E-state index in [1.54, 1.807) is 0 Å². The minimum Gasteiger partial charge on any atom is -0.392 e. The molecule has 0 saturated heterocycles. The molecule has 0 amide bonds. The highest BCUT2D eigenvalue weighted by Crippen LogP contribution is 2.14. The summed E-state index contributed by atoms with van der Waals surface area (Å²) in [5.74, 6) is 0. The molecule has 1 aliphatic rings. The Labute approximate surface area is 94.8 Å². The lowest BCUT2D eigenvalue weighted by molar-refractivity contribution is 0.281. The third-order valence-corrected chi connectivity index (χ3v) is 2.57. The van der Waals surface area contributed by atoms with E-state index in [4.69, 9.17) is 5.11 Å². The van der Waals surface area contributed by atoms with Crippen molar-refractivity contribution >= 4 is 5.71 Å². The fourth-order valence-corrected chi connectivity index (χ4v) is 1.58. The van der Waals surface area contributed by atoms with Crippen molar-refractivity contribution in [1.82, 2.24) is 5.43 Å². The normalized spacial score (nSPS) is 14.6. The molecular weight excluding hydrogens is 200 g/mol. The van der Waals surface area contributed by atoms with Crippen LogP contribution in [-0.2, 0) is 6.61 Å². The van der Waals surface area contributed by atoms with Crippen LogP contribution in [0.1, 0.15) is 16.7 Å². The molecule has 0 saturated carbocycles. The van der Waals surface area contributed by atoms with Gasteiger partial charge in [-0.05, 0) is 36.3 Å². The SMILES string of the molecule is C=C1C=CC(c2ccc(CO)c(C)c2)=NN1. The fraction of sp³-hybridized carbons (Fsp3) is 0.154. The van der Waals surface area contributed by atoms with Crippen LogP contribution in [0.25, 0.3) is 0 Å². The van der Waals surface area contributed by atoms with Gasteiger partial charge in [0, 0.05) is 11.3 Å². The van der Waals surface area contributed by atoms with Gasteiger partial charge in [-0.1, -0.05) is 18.7 Å². The summed E-state index contributed by atoms with van der Waals surface area (Å²) < 4.78 is 0. The highest BCUT2D eigenvalue weighted by molar-refractivity contribution is 6.09. The number of allylic oxidation sites excluding steroid dienone is 2. The summed E-state index contributed by atoms with van der Waals surface area (Å²) in [4.78, 5) is 0. The number of benzene rings is 1. The van der Waals surface area contributed by atoms with Gasteiger partial charge in [0.05, 0.1) is 12.3 Å². The van der Waals surface area contributed by atoms with Crippen LogP contribution in [0.3, 0.4) is 0 Å². The average Bonchev–Trinajstić information content (AvgIpc) is 2.30. The van der Waals surface area contributed by atoms with E-state index in [0.29, 0.717) is 0 Å². The Balaban J connectivity index is 2.32. The Morgan fingerprint density at radius 1 is 1.38 bits per heavy atom. The molecule has 1 aromatic rings. The molecule has 1 aromatic carbocycles. The molecule has 82 valence electrons. The molecule has 1 heterocycles. The molecule has 2 rings (SSSR count). The van der Waals surface area contributed by atoms with Gasteiger partial charge in [0.2, 0.25) is 0 Å². The third-order valence-electron chi connectivity index (χ3n) is 2.57. The van der Waals surface area contributed by atoms with Crippen molar-refractivity contribution in [3.63, 3.8) is 0 Å². The smallest absolute Gasteiger partial charge is 0.0906 e. The van der Waals surface area contributed by atoms with Crippen LogP contribution in [0, 0.1) is 6.92 Å². The minimum absolute atomic E-state index is 0.0729. The molecular formula is C13H14N2O. The lowest BCUT2D eigenvalue weighted by Crippen LogP contribution is -2.13. The molecule has 0 radical (unpaired) electrons. The summed E-state index contributed by atoms with van der Waals surface area (Å²) in [6, 6.07) is 5.90. The molecule has 0 spiro atoms. The molecule has 0 aliphatic carbocycles. The van der Waals surface area contributed by atoms with Crippen molar-refractivity contribution in [2.45, 2.75) is 13.5 Å². The Hall–Kier alpha value is -1.87. The largest absolute Gasteiger partial charge is 0.392 e. The van der Waals surface area contributed by atoms with Crippen LogP contribution >= 0.6 is 0 Å². The van der Waals surface area contributed by atoms with Gasteiger partial charge in [-0.2, -0.15) is 5.10 Å². The molecule has 0 unspecified atom stereocenters. The van der Waals surface area contributed by atoms with Crippen LogP contribution < -0.4 is 5.43 Å². The van der Waals surface area contributed by atoms with Gasteiger partial charge in [0.25, 0.3) is 0 Å². The van der Waals surface area contributed by atoms with Crippen molar-refractivity contribution in [2.24, 2.45) is 5.10 Å². The first-order chi connectivity index (χ1) is 7.70. The van der Waals surface area contributed by atoms with Crippen molar-refractivity contribution in [3.8, 4) is 0 Å². The molecule has 0 aromatic heterocycles. The number of hydrogen-bond acceptors (Lipinski definition) is 3. The predicted molar refractivity (Wildman–Crippen MR) is 65.1 cm³/mol. The van der Waals surface area contributed by atoms with Crippen molar-refractivity contribution in [1.29, 1.82) is 0 Å². The second kappa shape index (κ2) is 4.33. The lowest BCUT2D eigenvalue weighted by atomic mass is 10.0. The monoisotopic (exact) mass is 214 g/mol. The van der Waals surface area contributed by atoms with Crippen molar-refractivity contribution in [2.75, 3.05) is 0 Å². The first-order valence-electron chi connectivity index (χ1n) is 5.12. The molecule has 16 heavy (non-hydrogen) atoms. The molecule has 0 atom stereocenters. The lowest BCUT2D eigenvalue weighted by Gasteiger charge is -2.11. The van der Waals surface area contributed by atoms with Crippen molar-refractivity contribution in [3.05, 3.63) is 59.3 Å². The van der Waals surface area contributed by atoms with Gasteiger partial charge in [-0.3, -0.25) is 5.43 Å². The van der Waals surface area contributed by atoms with Gasteiger partial charge in [0.15, 0.2) is 0 Å². The number of aliphatic hydroxyl groups is 1. The van der Waals surface area contributed by atoms with Crippen molar-refractivity contribution < 1.29 is 5.11 Å². The van der Waals surface area contributed by atoms with E-state index in [9.17, 15) is 0 Å². The zero-order valence-corrected chi connectivity index (χ0v) is 9.20. The Morgan fingerprint density at radius 3 is 2.75 bits per heavy atom. The van der Waals surface area contributed by atoms with Crippen LogP contribution in [0.4, 0.5) is 0 Å². The van der Waals surface area contributed by atoms with Gasteiger partial charge in [0.1, 0.15) is 0 Å². The summed E-state index contributed by atoms with van der Waals surface area (Å²) in [5, 5.41) is 13.3. The fourth-order valence-electron chi connectivity index (χ4n) is 1.58. The molecule has 3 heteroatoms. The molecule has 1 aliphatic heterocycles. The van der Waals surface area contributed by atoms with Crippen LogP contribution in [0.5, 0.6) is 0 Å². The van der Waals surface area contributed by atoms with Gasteiger partial charge >= 0.3 is 0 Å². The Kier molecular flexibility index (Phi) is 2.88. The van der Waals surface area contributed by atoms with E-state index in [1.165, 1.54) is 0 Å². The Bertz CT molecular complexity index is 487. The van der Waals surface area contributed by atoms with E-state index in [2.05, 4.69) is 17.1 Å². The standard InChI is InChI=1S/C13H14N2O/c1-9-7-11(4-5-12(9)8-16)13-6-3-10(2)14-15-13/h3-7,14,16H,2,8H2,1H3.